The van der Waals surface area contributed by atoms with E-state index in [1.54, 1.807) is 24.1 Å². The number of unbranched alkanes of at least 4 members (excludes halogenated alkanes) is 1. The van der Waals surface area contributed by atoms with Crippen LogP contribution in [0.25, 0.3) is 0 Å². The van der Waals surface area contributed by atoms with Gasteiger partial charge >= 0.3 is 0 Å². The topological polar surface area (TPSA) is 58.6 Å². The van der Waals surface area contributed by atoms with E-state index in [2.05, 4.69) is 12.2 Å². The predicted molar refractivity (Wildman–Crippen MR) is 158 cm³/mol. The maximum Gasteiger partial charge on any atom is 0.243 e. The van der Waals surface area contributed by atoms with E-state index in [4.69, 9.17) is 27.9 Å². The Morgan fingerprint density at radius 3 is 2.39 bits per heavy atom. The SMILES string of the molecule is CCCCNC(=O)[C@@H](Cc1ccccc1)N(Cc1ccc(Cl)cc1Cl)C(=O)CSCc1ccc(OC)cc1. The molecule has 1 N–H and O–H groups in total. The van der Waals surface area contributed by atoms with Crippen molar-refractivity contribution in [2.45, 2.75) is 44.5 Å². The summed E-state index contributed by atoms with van der Waals surface area (Å²) < 4.78 is 5.23. The highest BCUT2D eigenvalue weighted by Crippen LogP contribution is 2.25. The highest BCUT2D eigenvalue weighted by molar-refractivity contribution is 7.99. The Morgan fingerprint density at radius 2 is 1.74 bits per heavy atom. The van der Waals surface area contributed by atoms with Crippen molar-refractivity contribution in [3.63, 3.8) is 0 Å². The number of ether oxygens (including phenoxy) is 1. The first-order valence-electron chi connectivity index (χ1n) is 12.7. The molecule has 0 aromatic heterocycles. The minimum atomic E-state index is -0.685. The van der Waals surface area contributed by atoms with Crippen LogP contribution in [0.4, 0.5) is 0 Å². The van der Waals surface area contributed by atoms with Crippen molar-refractivity contribution in [3.05, 3.63) is 99.5 Å². The molecule has 2 amide bonds. The van der Waals surface area contributed by atoms with Gasteiger partial charge in [0.15, 0.2) is 0 Å². The van der Waals surface area contributed by atoms with E-state index in [0.717, 1.165) is 35.3 Å². The summed E-state index contributed by atoms with van der Waals surface area (Å²) in [5.41, 5.74) is 2.81. The van der Waals surface area contributed by atoms with Gasteiger partial charge in [-0.2, -0.15) is 0 Å². The number of nitrogens with zero attached hydrogens (tertiary/aromatic N) is 1. The summed E-state index contributed by atoms with van der Waals surface area (Å²) in [7, 11) is 1.63. The number of nitrogens with one attached hydrogen (secondary N) is 1. The van der Waals surface area contributed by atoms with Crippen molar-refractivity contribution in [1.82, 2.24) is 10.2 Å². The number of methoxy groups -OCH3 is 1. The minimum Gasteiger partial charge on any atom is -0.497 e. The van der Waals surface area contributed by atoms with Crippen LogP contribution in [0.5, 0.6) is 5.75 Å². The second-order valence-electron chi connectivity index (χ2n) is 8.95. The Bertz CT molecular complexity index is 1180. The lowest BCUT2D eigenvalue weighted by Crippen LogP contribution is -2.51. The van der Waals surface area contributed by atoms with Gasteiger partial charge < -0.3 is 15.0 Å². The molecule has 0 bridgehead atoms. The molecule has 0 aliphatic heterocycles. The van der Waals surface area contributed by atoms with Gasteiger partial charge in [-0.25, -0.2) is 0 Å². The molecule has 0 saturated heterocycles. The van der Waals surface area contributed by atoms with Crippen molar-refractivity contribution < 1.29 is 14.3 Å². The van der Waals surface area contributed by atoms with Gasteiger partial charge in [0.05, 0.1) is 12.9 Å². The first-order valence-corrected chi connectivity index (χ1v) is 14.6. The summed E-state index contributed by atoms with van der Waals surface area (Å²) in [5.74, 6) is 1.39. The molecule has 3 aromatic carbocycles. The zero-order valence-electron chi connectivity index (χ0n) is 21.8. The Morgan fingerprint density at radius 1 is 1.00 bits per heavy atom. The largest absolute Gasteiger partial charge is 0.497 e. The summed E-state index contributed by atoms with van der Waals surface area (Å²) in [6.07, 6.45) is 2.24. The maximum absolute atomic E-state index is 13.7. The zero-order valence-corrected chi connectivity index (χ0v) is 24.1. The van der Waals surface area contributed by atoms with E-state index in [-0.39, 0.29) is 24.1 Å². The van der Waals surface area contributed by atoms with Crippen molar-refractivity contribution in [3.8, 4) is 5.75 Å². The van der Waals surface area contributed by atoms with Gasteiger partial charge in [0.1, 0.15) is 11.8 Å². The molecule has 202 valence electrons. The average Bonchev–Trinajstić information content (AvgIpc) is 2.92. The molecule has 1 atom stereocenters. The average molecular weight is 574 g/mol. The Labute approximate surface area is 239 Å². The van der Waals surface area contributed by atoms with Crippen LogP contribution in [-0.2, 0) is 28.3 Å². The lowest BCUT2D eigenvalue weighted by atomic mass is 10.0. The third kappa shape index (κ3) is 9.26. The fraction of sp³-hybridized carbons (Fsp3) is 0.333. The Hall–Kier alpha value is -2.67. The molecule has 0 radical (unpaired) electrons. The molecule has 0 saturated carbocycles. The highest BCUT2D eigenvalue weighted by Gasteiger charge is 2.30. The van der Waals surface area contributed by atoms with E-state index < -0.39 is 6.04 Å². The Kier molecular flexibility index (Phi) is 12.3. The Balaban J connectivity index is 1.84. The molecule has 0 heterocycles. The number of carbonyl (C=O) groups excluding carboxylic acids is 2. The normalized spacial score (nSPS) is 11.6. The number of hydrogen-bond donors (Lipinski definition) is 1. The molecule has 5 nitrogen and oxygen atoms in total. The molecule has 8 heteroatoms. The van der Waals surface area contributed by atoms with Gasteiger partial charge in [-0.15, -0.1) is 11.8 Å². The van der Waals surface area contributed by atoms with E-state index in [1.165, 1.54) is 11.8 Å². The van der Waals surface area contributed by atoms with Gasteiger partial charge in [-0.3, -0.25) is 9.59 Å². The molecule has 3 rings (SSSR count). The van der Waals surface area contributed by atoms with Crippen LogP contribution in [0.15, 0.2) is 72.8 Å². The number of amides is 2. The van der Waals surface area contributed by atoms with Crippen molar-refractivity contribution in [1.29, 1.82) is 0 Å². The van der Waals surface area contributed by atoms with E-state index in [0.29, 0.717) is 28.8 Å². The van der Waals surface area contributed by atoms with E-state index in [9.17, 15) is 9.59 Å². The fourth-order valence-electron chi connectivity index (χ4n) is 3.95. The molecule has 0 aliphatic rings. The summed E-state index contributed by atoms with van der Waals surface area (Å²) in [6, 6.07) is 22.1. The third-order valence-corrected chi connectivity index (χ3v) is 7.69. The smallest absolute Gasteiger partial charge is 0.243 e. The zero-order chi connectivity index (χ0) is 27.3. The number of thioether (sulfide) groups is 1. The van der Waals surface area contributed by atoms with Crippen LogP contribution in [0.3, 0.4) is 0 Å². The number of hydrogen-bond acceptors (Lipinski definition) is 4. The van der Waals surface area contributed by atoms with E-state index in [1.807, 2.05) is 60.7 Å². The lowest BCUT2D eigenvalue weighted by Gasteiger charge is -2.32. The molecule has 0 fully saturated rings. The molecule has 38 heavy (non-hydrogen) atoms. The molecular formula is C30H34Cl2N2O3S. The van der Waals surface area contributed by atoms with Gasteiger partial charge in [0.2, 0.25) is 11.8 Å². The first kappa shape index (κ1) is 29.9. The maximum atomic E-state index is 13.7. The summed E-state index contributed by atoms with van der Waals surface area (Å²) in [4.78, 5) is 28.9. The van der Waals surface area contributed by atoms with Crippen LogP contribution < -0.4 is 10.1 Å². The van der Waals surface area contributed by atoms with Crippen molar-refractivity contribution in [2.24, 2.45) is 0 Å². The predicted octanol–water partition coefficient (Wildman–Crippen LogP) is 6.79. The number of benzene rings is 3. The molecule has 0 spiro atoms. The van der Waals surface area contributed by atoms with Crippen molar-refractivity contribution in [2.75, 3.05) is 19.4 Å². The molecule has 0 unspecified atom stereocenters. The van der Waals surface area contributed by atoms with Crippen LogP contribution in [-0.4, -0.2) is 42.2 Å². The number of carbonyl (C=O) groups is 2. The minimum absolute atomic E-state index is 0.124. The van der Waals surface area contributed by atoms with Gasteiger partial charge in [-0.1, -0.05) is 85.1 Å². The standard InChI is InChI=1S/C30H34Cl2N2O3S/c1-3-4-16-33-30(36)28(17-22-8-6-5-7-9-22)34(19-24-12-13-25(31)18-27(24)32)29(35)21-38-20-23-10-14-26(37-2)15-11-23/h5-15,18,28H,3-4,16-17,19-21H2,1-2H3,(H,33,36)/t28-/m1/s1. The van der Waals surface area contributed by atoms with Gasteiger partial charge in [0, 0.05) is 35.3 Å². The summed E-state index contributed by atoms with van der Waals surface area (Å²) in [6.45, 7) is 2.85. The second-order valence-corrected chi connectivity index (χ2v) is 10.8. The monoisotopic (exact) mass is 572 g/mol. The van der Waals surface area contributed by atoms with Crippen LogP contribution >= 0.6 is 35.0 Å². The van der Waals surface area contributed by atoms with Crippen molar-refractivity contribution >= 4 is 46.8 Å². The summed E-state index contributed by atoms with van der Waals surface area (Å²) in [5, 5.41) is 4.02. The van der Waals surface area contributed by atoms with Crippen LogP contribution in [0, 0.1) is 0 Å². The molecule has 0 aliphatic carbocycles. The fourth-order valence-corrected chi connectivity index (χ4v) is 5.29. The van der Waals surface area contributed by atoms with Gasteiger partial charge in [0.25, 0.3) is 0 Å². The van der Waals surface area contributed by atoms with Crippen LogP contribution in [0.2, 0.25) is 10.0 Å². The number of rotatable bonds is 14. The first-order chi connectivity index (χ1) is 18.4. The molecule has 3 aromatic rings. The lowest BCUT2D eigenvalue weighted by molar-refractivity contribution is -0.139. The summed E-state index contributed by atoms with van der Waals surface area (Å²) >= 11 is 14.1. The third-order valence-electron chi connectivity index (χ3n) is 6.11. The van der Waals surface area contributed by atoms with Gasteiger partial charge in [-0.05, 0) is 47.4 Å². The molecular weight excluding hydrogens is 539 g/mol. The number of halogens is 2. The quantitative estimate of drug-likeness (QED) is 0.216. The van der Waals surface area contributed by atoms with Crippen LogP contribution in [0.1, 0.15) is 36.5 Å². The second kappa shape index (κ2) is 15.7. The van der Waals surface area contributed by atoms with E-state index >= 15 is 0 Å². The highest BCUT2D eigenvalue weighted by atomic mass is 35.5.